The fourth-order valence-electron chi connectivity index (χ4n) is 2.96. The van der Waals surface area contributed by atoms with Crippen molar-refractivity contribution < 1.29 is 14.6 Å². The van der Waals surface area contributed by atoms with Gasteiger partial charge in [-0.15, -0.1) is 0 Å². The topological polar surface area (TPSA) is 53.0 Å². The van der Waals surface area contributed by atoms with Crippen LogP contribution in [0.1, 0.15) is 25.3 Å². The van der Waals surface area contributed by atoms with Gasteiger partial charge in [-0.25, -0.2) is 4.79 Å². The number of hydrogen-bond acceptors (Lipinski definition) is 4. The van der Waals surface area contributed by atoms with E-state index in [0.29, 0.717) is 25.7 Å². The fraction of sp³-hybridized carbons (Fsp3) is 0.588. The summed E-state index contributed by atoms with van der Waals surface area (Å²) in [7, 11) is 0. The summed E-state index contributed by atoms with van der Waals surface area (Å²) in [6.45, 7) is 5.54. The van der Waals surface area contributed by atoms with Gasteiger partial charge in [0.05, 0.1) is 6.61 Å². The van der Waals surface area contributed by atoms with Crippen molar-refractivity contribution in [3.05, 3.63) is 35.9 Å². The molecule has 1 heterocycles. The third kappa shape index (κ3) is 4.71. The molecule has 0 spiro atoms. The number of likely N-dealkylation sites (tertiary alicyclic amines) is 1. The SMILES string of the molecule is CCN(CCO)[C@@H]1CCCN(C(=O)OCc2ccccc2)C1. The molecule has 2 rings (SSSR count). The van der Waals surface area contributed by atoms with Crippen LogP contribution < -0.4 is 0 Å². The minimum absolute atomic E-state index is 0.156. The molecule has 1 saturated heterocycles. The quantitative estimate of drug-likeness (QED) is 0.874. The maximum absolute atomic E-state index is 12.2. The number of nitrogens with zero attached hydrogens (tertiary/aromatic N) is 2. The molecule has 1 aliphatic rings. The third-order valence-corrected chi connectivity index (χ3v) is 4.17. The lowest BCUT2D eigenvalue weighted by Gasteiger charge is -2.38. The molecule has 1 N–H and O–H groups in total. The Labute approximate surface area is 132 Å². The molecule has 1 atom stereocenters. The van der Waals surface area contributed by atoms with Gasteiger partial charge < -0.3 is 14.7 Å². The number of aliphatic hydroxyl groups is 1. The summed E-state index contributed by atoms with van der Waals surface area (Å²) in [6.07, 6.45) is 1.80. The van der Waals surface area contributed by atoms with Gasteiger partial charge in [0.25, 0.3) is 0 Å². The standard InChI is InChI=1S/C17H26N2O3/c1-2-18(11-12-20)16-9-6-10-19(13-16)17(21)22-14-15-7-4-3-5-8-15/h3-5,7-8,16,20H,2,6,9-14H2,1H3/t16-/m1/s1. The average molecular weight is 306 g/mol. The van der Waals surface area contributed by atoms with Crippen molar-refractivity contribution in [2.45, 2.75) is 32.4 Å². The number of rotatable bonds is 6. The predicted octanol–water partition coefficient (Wildman–Crippen LogP) is 2.10. The maximum atomic E-state index is 12.2. The van der Waals surface area contributed by atoms with E-state index in [0.717, 1.165) is 31.5 Å². The largest absolute Gasteiger partial charge is 0.445 e. The van der Waals surface area contributed by atoms with E-state index < -0.39 is 0 Å². The van der Waals surface area contributed by atoms with Gasteiger partial charge in [0.15, 0.2) is 0 Å². The lowest BCUT2D eigenvalue weighted by atomic mass is 10.0. The van der Waals surface area contributed by atoms with Crippen LogP contribution >= 0.6 is 0 Å². The van der Waals surface area contributed by atoms with Crippen molar-refractivity contribution in [1.29, 1.82) is 0 Å². The van der Waals surface area contributed by atoms with Crippen LogP contribution in [0.2, 0.25) is 0 Å². The van der Waals surface area contributed by atoms with Gasteiger partial charge in [-0.3, -0.25) is 4.90 Å². The van der Waals surface area contributed by atoms with Gasteiger partial charge >= 0.3 is 6.09 Å². The summed E-state index contributed by atoms with van der Waals surface area (Å²) < 4.78 is 5.41. The number of carbonyl (C=O) groups excluding carboxylic acids is 1. The highest BCUT2D eigenvalue weighted by atomic mass is 16.6. The second kappa shape index (κ2) is 8.76. The highest BCUT2D eigenvalue weighted by Gasteiger charge is 2.27. The lowest BCUT2D eigenvalue weighted by molar-refractivity contribution is 0.0570. The van der Waals surface area contributed by atoms with Crippen molar-refractivity contribution in [1.82, 2.24) is 9.80 Å². The Balaban J connectivity index is 1.84. The van der Waals surface area contributed by atoms with E-state index in [1.54, 1.807) is 4.90 Å². The molecule has 0 aliphatic carbocycles. The summed E-state index contributed by atoms with van der Waals surface area (Å²) in [5.74, 6) is 0. The van der Waals surface area contributed by atoms with Crippen LogP contribution in [0.25, 0.3) is 0 Å². The third-order valence-electron chi connectivity index (χ3n) is 4.17. The molecular weight excluding hydrogens is 280 g/mol. The predicted molar refractivity (Wildman–Crippen MR) is 85.6 cm³/mol. The lowest BCUT2D eigenvalue weighted by Crippen LogP contribution is -2.50. The first kappa shape index (κ1) is 16.8. The zero-order chi connectivity index (χ0) is 15.8. The molecule has 0 radical (unpaired) electrons. The maximum Gasteiger partial charge on any atom is 0.410 e. The van der Waals surface area contributed by atoms with Gasteiger partial charge in [0.1, 0.15) is 6.61 Å². The molecule has 0 bridgehead atoms. The normalized spacial score (nSPS) is 18.5. The van der Waals surface area contributed by atoms with Crippen LogP contribution in [0.3, 0.4) is 0 Å². The second-order valence-electron chi connectivity index (χ2n) is 5.63. The van der Waals surface area contributed by atoms with Gasteiger partial charge in [-0.05, 0) is 24.9 Å². The van der Waals surface area contributed by atoms with Crippen molar-refractivity contribution in [2.24, 2.45) is 0 Å². The van der Waals surface area contributed by atoms with E-state index in [9.17, 15) is 4.79 Å². The van der Waals surface area contributed by atoms with Crippen LogP contribution in [0, 0.1) is 0 Å². The number of ether oxygens (including phenoxy) is 1. The van der Waals surface area contributed by atoms with E-state index in [4.69, 9.17) is 9.84 Å². The van der Waals surface area contributed by atoms with Crippen LogP contribution in [0.4, 0.5) is 4.79 Å². The molecule has 1 aliphatic heterocycles. The van der Waals surface area contributed by atoms with Crippen LogP contribution in [-0.2, 0) is 11.3 Å². The first-order valence-corrected chi connectivity index (χ1v) is 8.05. The molecule has 5 nitrogen and oxygen atoms in total. The molecular formula is C17H26N2O3. The van der Waals surface area contributed by atoms with Crippen LogP contribution in [0.15, 0.2) is 30.3 Å². The molecule has 1 aromatic carbocycles. The van der Waals surface area contributed by atoms with Gasteiger partial charge in [-0.1, -0.05) is 37.3 Å². The van der Waals surface area contributed by atoms with E-state index in [1.807, 2.05) is 30.3 Å². The van der Waals surface area contributed by atoms with Crippen molar-refractivity contribution in [3.63, 3.8) is 0 Å². The molecule has 0 aromatic heterocycles. The van der Waals surface area contributed by atoms with E-state index >= 15 is 0 Å². The number of hydrogen-bond donors (Lipinski definition) is 1. The van der Waals surface area contributed by atoms with Gasteiger partial charge in [0.2, 0.25) is 0 Å². The van der Waals surface area contributed by atoms with Crippen molar-refractivity contribution in [3.8, 4) is 0 Å². The smallest absolute Gasteiger partial charge is 0.410 e. The minimum Gasteiger partial charge on any atom is -0.445 e. The molecule has 122 valence electrons. The Kier molecular flexibility index (Phi) is 6.68. The second-order valence-corrected chi connectivity index (χ2v) is 5.63. The molecule has 5 heteroatoms. The number of likely N-dealkylation sites (N-methyl/N-ethyl adjacent to an activating group) is 1. The monoisotopic (exact) mass is 306 g/mol. The fourth-order valence-corrected chi connectivity index (χ4v) is 2.96. The summed E-state index contributed by atoms with van der Waals surface area (Å²) >= 11 is 0. The number of benzene rings is 1. The number of carbonyl (C=O) groups is 1. The van der Waals surface area contributed by atoms with Gasteiger partial charge in [-0.2, -0.15) is 0 Å². The Hall–Kier alpha value is -1.59. The molecule has 1 aromatic rings. The summed E-state index contributed by atoms with van der Waals surface area (Å²) in [5, 5.41) is 9.14. The Morgan fingerprint density at radius 3 is 2.86 bits per heavy atom. The van der Waals surface area contributed by atoms with E-state index in [2.05, 4.69) is 11.8 Å². The molecule has 22 heavy (non-hydrogen) atoms. The number of piperidine rings is 1. The van der Waals surface area contributed by atoms with Crippen LogP contribution in [-0.4, -0.2) is 59.8 Å². The summed E-state index contributed by atoms with van der Waals surface area (Å²) in [5.41, 5.74) is 1.000. The minimum atomic E-state index is -0.242. The summed E-state index contributed by atoms with van der Waals surface area (Å²) in [4.78, 5) is 16.2. The molecule has 0 unspecified atom stereocenters. The van der Waals surface area contributed by atoms with Gasteiger partial charge in [0, 0.05) is 25.7 Å². The summed E-state index contributed by atoms with van der Waals surface area (Å²) in [6, 6.07) is 10.0. The highest BCUT2D eigenvalue weighted by Crippen LogP contribution is 2.17. The Morgan fingerprint density at radius 2 is 2.18 bits per heavy atom. The highest BCUT2D eigenvalue weighted by molar-refractivity contribution is 5.67. The van der Waals surface area contributed by atoms with E-state index in [-0.39, 0.29) is 12.7 Å². The van der Waals surface area contributed by atoms with Crippen molar-refractivity contribution in [2.75, 3.05) is 32.8 Å². The van der Waals surface area contributed by atoms with Crippen molar-refractivity contribution >= 4 is 6.09 Å². The molecule has 1 amide bonds. The van der Waals surface area contributed by atoms with E-state index in [1.165, 1.54) is 0 Å². The molecule has 0 saturated carbocycles. The first-order chi connectivity index (χ1) is 10.7. The Bertz CT molecular complexity index is 452. The number of aliphatic hydroxyl groups excluding tert-OH is 1. The Morgan fingerprint density at radius 1 is 1.41 bits per heavy atom. The number of amides is 1. The van der Waals surface area contributed by atoms with Crippen LogP contribution in [0.5, 0.6) is 0 Å². The first-order valence-electron chi connectivity index (χ1n) is 8.05. The zero-order valence-electron chi connectivity index (χ0n) is 13.3. The molecule has 1 fully saturated rings. The zero-order valence-corrected chi connectivity index (χ0v) is 13.3. The average Bonchev–Trinajstić information content (AvgIpc) is 2.58.